The molecule has 4 nitrogen and oxygen atoms in total. The van der Waals surface area contributed by atoms with Gasteiger partial charge in [-0.15, -0.1) is 24.8 Å². The van der Waals surface area contributed by atoms with Crippen molar-refractivity contribution in [1.82, 2.24) is 10.6 Å². The molecule has 0 aliphatic carbocycles. The molecule has 1 aliphatic rings. The minimum Gasteiger partial charge on any atom is -0.489 e. The molecule has 1 aromatic carbocycles. The van der Waals surface area contributed by atoms with Crippen LogP contribution >= 0.6 is 24.8 Å². The molecule has 1 aliphatic heterocycles. The van der Waals surface area contributed by atoms with Crippen molar-refractivity contribution in [2.24, 2.45) is 0 Å². The van der Waals surface area contributed by atoms with Crippen LogP contribution < -0.4 is 20.1 Å². The van der Waals surface area contributed by atoms with Gasteiger partial charge in [0.2, 0.25) is 0 Å². The van der Waals surface area contributed by atoms with Crippen LogP contribution in [-0.4, -0.2) is 32.3 Å². The third-order valence-electron chi connectivity index (χ3n) is 3.40. The van der Waals surface area contributed by atoms with Gasteiger partial charge in [-0.25, -0.2) is 0 Å². The third-order valence-corrected chi connectivity index (χ3v) is 3.40. The van der Waals surface area contributed by atoms with Crippen LogP contribution in [0.15, 0.2) is 43.5 Å². The van der Waals surface area contributed by atoms with E-state index in [0.29, 0.717) is 19.3 Å². The molecular formula is C17H26Cl2N2O2. The molecule has 0 aromatic heterocycles. The van der Waals surface area contributed by atoms with Gasteiger partial charge in [0.1, 0.15) is 24.7 Å². The van der Waals surface area contributed by atoms with E-state index >= 15 is 0 Å². The van der Waals surface area contributed by atoms with E-state index in [4.69, 9.17) is 9.47 Å². The Morgan fingerprint density at radius 3 is 2.57 bits per heavy atom. The Morgan fingerprint density at radius 1 is 1.17 bits per heavy atom. The standard InChI is InChI=1S/C17H24N2O2.2ClH/c1-3-9-20-16-6-5-14(17(11-16)21-10-4-2)12-19-15-7-8-18-13-15;;/h3-6,11,15,18-19H,1-2,7-10,12-13H2;2*1H. The highest BCUT2D eigenvalue weighted by Crippen LogP contribution is 2.25. The summed E-state index contributed by atoms with van der Waals surface area (Å²) in [6, 6.07) is 6.48. The smallest absolute Gasteiger partial charge is 0.127 e. The van der Waals surface area contributed by atoms with Crippen LogP contribution in [0.1, 0.15) is 12.0 Å². The zero-order valence-electron chi connectivity index (χ0n) is 13.3. The van der Waals surface area contributed by atoms with Crippen LogP contribution in [0.5, 0.6) is 11.5 Å². The molecule has 1 unspecified atom stereocenters. The first-order valence-electron chi connectivity index (χ1n) is 7.38. The largest absolute Gasteiger partial charge is 0.489 e. The summed E-state index contributed by atoms with van der Waals surface area (Å²) in [4.78, 5) is 0. The molecule has 1 atom stereocenters. The first kappa shape index (κ1) is 21.8. The lowest BCUT2D eigenvalue weighted by molar-refractivity contribution is 0.341. The summed E-state index contributed by atoms with van der Waals surface area (Å²) in [5.41, 5.74) is 1.13. The molecule has 0 spiro atoms. The molecule has 0 saturated carbocycles. The Morgan fingerprint density at radius 2 is 1.91 bits per heavy atom. The molecule has 1 aromatic rings. The highest BCUT2D eigenvalue weighted by atomic mass is 35.5. The first-order chi connectivity index (χ1) is 10.3. The Kier molecular flexibility index (Phi) is 11.6. The number of benzene rings is 1. The number of nitrogens with one attached hydrogen (secondary N) is 2. The van der Waals surface area contributed by atoms with E-state index in [9.17, 15) is 0 Å². The van der Waals surface area contributed by atoms with Crippen molar-refractivity contribution in [3.05, 3.63) is 49.1 Å². The predicted octanol–water partition coefficient (Wildman–Crippen LogP) is 3.11. The van der Waals surface area contributed by atoms with Crippen molar-refractivity contribution in [1.29, 1.82) is 0 Å². The van der Waals surface area contributed by atoms with E-state index in [1.165, 1.54) is 6.42 Å². The lowest BCUT2D eigenvalue weighted by atomic mass is 10.1. The summed E-state index contributed by atoms with van der Waals surface area (Å²) in [6.45, 7) is 11.2. The minimum atomic E-state index is 0. The summed E-state index contributed by atoms with van der Waals surface area (Å²) in [6.07, 6.45) is 4.64. The maximum atomic E-state index is 5.74. The van der Waals surface area contributed by atoms with E-state index < -0.39 is 0 Å². The predicted molar refractivity (Wildman–Crippen MR) is 100 cm³/mol. The van der Waals surface area contributed by atoms with Crippen molar-refractivity contribution < 1.29 is 9.47 Å². The molecule has 6 heteroatoms. The SMILES string of the molecule is C=CCOc1ccc(CNC2CCNC2)c(OCC=C)c1.Cl.Cl. The summed E-state index contributed by atoms with van der Waals surface area (Å²) < 4.78 is 11.3. The number of ether oxygens (including phenoxy) is 2. The van der Waals surface area contributed by atoms with Crippen LogP contribution in [0.4, 0.5) is 0 Å². The highest BCUT2D eigenvalue weighted by Gasteiger charge is 2.14. The zero-order chi connectivity index (χ0) is 14.9. The zero-order valence-corrected chi connectivity index (χ0v) is 14.9. The van der Waals surface area contributed by atoms with Crippen molar-refractivity contribution >= 4 is 24.8 Å². The molecule has 0 bridgehead atoms. The topological polar surface area (TPSA) is 42.5 Å². The Balaban J connectivity index is 0.00000242. The maximum absolute atomic E-state index is 5.74. The average Bonchev–Trinajstić information content (AvgIpc) is 3.03. The van der Waals surface area contributed by atoms with E-state index in [2.05, 4.69) is 23.8 Å². The lowest BCUT2D eigenvalue weighted by Gasteiger charge is -2.15. The molecule has 2 rings (SSSR count). The van der Waals surface area contributed by atoms with Crippen molar-refractivity contribution in [2.75, 3.05) is 26.3 Å². The fraction of sp³-hybridized carbons (Fsp3) is 0.412. The van der Waals surface area contributed by atoms with Crippen LogP contribution in [0.3, 0.4) is 0 Å². The molecule has 23 heavy (non-hydrogen) atoms. The fourth-order valence-corrected chi connectivity index (χ4v) is 2.29. The molecule has 1 saturated heterocycles. The van der Waals surface area contributed by atoms with Gasteiger partial charge in [0.05, 0.1) is 0 Å². The Hall–Kier alpha value is -1.20. The second-order valence-electron chi connectivity index (χ2n) is 5.04. The normalized spacial score (nSPS) is 15.9. The van der Waals surface area contributed by atoms with E-state index in [0.717, 1.165) is 36.7 Å². The van der Waals surface area contributed by atoms with E-state index in [-0.39, 0.29) is 24.8 Å². The number of halogens is 2. The van der Waals surface area contributed by atoms with Gasteiger partial charge < -0.3 is 20.1 Å². The molecule has 1 fully saturated rings. The van der Waals surface area contributed by atoms with Crippen molar-refractivity contribution in [3.8, 4) is 11.5 Å². The van der Waals surface area contributed by atoms with Gasteiger partial charge in [0.25, 0.3) is 0 Å². The molecular weight excluding hydrogens is 335 g/mol. The summed E-state index contributed by atoms with van der Waals surface area (Å²) >= 11 is 0. The molecule has 0 radical (unpaired) electrons. The maximum Gasteiger partial charge on any atom is 0.127 e. The van der Waals surface area contributed by atoms with Crippen LogP contribution in [0, 0.1) is 0 Å². The van der Waals surface area contributed by atoms with E-state index in [1.54, 1.807) is 12.2 Å². The fourth-order valence-electron chi connectivity index (χ4n) is 2.29. The van der Waals surface area contributed by atoms with Crippen LogP contribution in [0.25, 0.3) is 0 Å². The van der Waals surface area contributed by atoms with Crippen LogP contribution in [0.2, 0.25) is 0 Å². The third kappa shape index (κ3) is 7.27. The second-order valence-corrected chi connectivity index (χ2v) is 5.04. The number of rotatable bonds is 9. The van der Waals surface area contributed by atoms with Gasteiger partial charge in [-0.05, 0) is 19.0 Å². The van der Waals surface area contributed by atoms with Gasteiger partial charge in [0.15, 0.2) is 0 Å². The number of hydrogen-bond donors (Lipinski definition) is 2. The summed E-state index contributed by atoms with van der Waals surface area (Å²) in [5, 5.41) is 6.91. The summed E-state index contributed by atoms with van der Waals surface area (Å²) in [7, 11) is 0. The molecule has 2 N–H and O–H groups in total. The molecule has 0 amide bonds. The van der Waals surface area contributed by atoms with E-state index in [1.807, 2.05) is 18.2 Å². The number of hydrogen-bond acceptors (Lipinski definition) is 4. The van der Waals surface area contributed by atoms with Gasteiger partial charge in [-0.3, -0.25) is 0 Å². The van der Waals surface area contributed by atoms with Gasteiger partial charge in [-0.2, -0.15) is 0 Å². The molecule has 1 heterocycles. The van der Waals surface area contributed by atoms with Gasteiger partial charge in [-0.1, -0.05) is 31.4 Å². The van der Waals surface area contributed by atoms with Crippen molar-refractivity contribution in [2.45, 2.75) is 19.0 Å². The van der Waals surface area contributed by atoms with Crippen LogP contribution in [-0.2, 0) is 6.54 Å². The molecule has 130 valence electrons. The minimum absolute atomic E-state index is 0. The Bertz CT molecular complexity index is 478. The monoisotopic (exact) mass is 360 g/mol. The van der Waals surface area contributed by atoms with Gasteiger partial charge >= 0.3 is 0 Å². The summed E-state index contributed by atoms with van der Waals surface area (Å²) in [5.74, 6) is 1.63. The second kappa shape index (κ2) is 12.3. The first-order valence-corrected chi connectivity index (χ1v) is 7.38. The Labute approximate surface area is 151 Å². The average molecular weight is 361 g/mol. The quantitative estimate of drug-likeness (QED) is 0.664. The van der Waals surface area contributed by atoms with Crippen molar-refractivity contribution in [3.63, 3.8) is 0 Å². The highest BCUT2D eigenvalue weighted by molar-refractivity contribution is 5.85. The van der Waals surface area contributed by atoms with Gasteiger partial charge in [0, 0.05) is 30.8 Å². The lowest BCUT2D eigenvalue weighted by Crippen LogP contribution is -2.30.